The summed E-state index contributed by atoms with van der Waals surface area (Å²) in [5.74, 6) is -0.543. The maximum absolute atomic E-state index is 13.2. The number of rotatable bonds is 7. The third-order valence-corrected chi connectivity index (χ3v) is 7.23. The summed E-state index contributed by atoms with van der Waals surface area (Å²) in [5.41, 5.74) is -0.619. The first-order valence-electron chi connectivity index (χ1n) is 12.2. The summed E-state index contributed by atoms with van der Waals surface area (Å²) < 4.78 is 44.2. The van der Waals surface area contributed by atoms with Gasteiger partial charge in [0.2, 0.25) is 11.8 Å². The first kappa shape index (κ1) is 26.9. The number of nitrogens with zero attached hydrogens (tertiary/aromatic N) is 2. The SMILES string of the molecule is COc1ncc(C2(O)CCC(N(C(=O)CNC(=O)c3cccc(C(F)(F)F)c3)C3CNC3)CC2)cc1C. The van der Waals surface area contributed by atoms with Crippen molar-refractivity contribution >= 4 is 11.8 Å². The van der Waals surface area contributed by atoms with E-state index in [0.29, 0.717) is 50.2 Å². The van der Waals surface area contributed by atoms with Crippen molar-refractivity contribution in [2.24, 2.45) is 0 Å². The normalized spacial score (nSPS) is 22.2. The number of benzene rings is 1. The number of halogens is 3. The van der Waals surface area contributed by atoms with E-state index < -0.39 is 23.2 Å². The van der Waals surface area contributed by atoms with E-state index in [-0.39, 0.29) is 30.1 Å². The number of amides is 2. The number of methoxy groups -OCH3 is 1. The molecule has 2 amide bonds. The number of pyridine rings is 1. The van der Waals surface area contributed by atoms with Gasteiger partial charge in [-0.3, -0.25) is 9.59 Å². The molecule has 0 unspecified atom stereocenters. The zero-order chi connectivity index (χ0) is 26.8. The van der Waals surface area contributed by atoms with Crippen LogP contribution >= 0.6 is 0 Å². The quantitative estimate of drug-likeness (QED) is 0.519. The largest absolute Gasteiger partial charge is 0.481 e. The lowest BCUT2D eigenvalue weighted by atomic mass is 9.77. The average molecular weight is 521 g/mol. The Balaban J connectivity index is 1.40. The lowest BCUT2D eigenvalue weighted by Gasteiger charge is -2.47. The van der Waals surface area contributed by atoms with Gasteiger partial charge in [0.15, 0.2) is 0 Å². The molecule has 0 bridgehead atoms. The molecule has 37 heavy (non-hydrogen) atoms. The van der Waals surface area contributed by atoms with E-state index in [0.717, 1.165) is 23.8 Å². The molecular formula is C26H31F3N4O4. The van der Waals surface area contributed by atoms with Crippen LogP contribution in [0.3, 0.4) is 0 Å². The minimum atomic E-state index is -4.57. The molecular weight excluding hydrogens is 489 g/mol. The second kappa shape index (κ2) is 10.7. The van der Waals surface area contributed by atoms with E-state index in [4.69, 9.17) is 4.74 Å². The fourth-order valence-corrected chi connectivity index (χ4v) is 5.04. The summed E-state index contributed by atoms with van der Waals surface area (Å²) in [5, 5.41) is 16.9. The number of hydrogen-bond acceptors (Lipinski definition) is 6. The molecule has 1 aliphatic carbocycles. The molecule has 2 aromatic rings. The van der Waals surface area contributed by atoms with Crippen molar-refractivity contribution < 1.29 is 32.6 Å². The molecule has 0 atom stereocenters. The number of nitrogens with one attached hydrogen (secondary N) is 2. The predicted octanol–water partition coefficient (Wildman–Crippen LogP) is 2.78. The Morgan fingerprint density at radius 1 is 1.22 bits per heavy atom. The van der Waals surface area contributed by atoms with Crippen molar-refractivity contribution in [3.63, 3.8) is 0 Å². The molecule has 1 aromatic carbocycles. The van der Waals surface area contributed by atoms with Crippen molar-refractivity contribution in [1.82, 2.24) is 20.5 Å². The Morgan fingerprint density at radius 2 is 1.92 bits per heavy atom. The number of carbonyl (C=O) groups is 2. The van der Waals surface area contributed by atoms with Crippen LogP contribution in [0.2, 0.25) is 0 Å². The highest BCUT2D eigenvalue weighted by molar-refractivity contribution is 5.96. The van der Waals surface area contributed by atoms with E-state index in [1.54, 1.807) is 11.1 Å². The van der Waals surface area contributed by atoms with Gasteiger partial charge < -0.3 is 25.4 Å². The van der Waals surface area contributed by atoms with Gasteiger partial charge in [-0.1, -0.05) is 6.07 Å². The van der Waals surface area contributed by atoms with Crippen LogP contribution in [0.25, 0.3) is 0 Å². The summed E-state index contributed by atoms with van der Waals surface area (Å²) in [4.78, 5) is 31.7. The van der Waals surface area contributed by atoms with Gasteiger partial charge in [-0.25, -0.2) is 4.98 Å². The van der Waals surface area contributed by atoms with Crippen molar-refractivity contribution in [2.75, 3.05) is 26.7 Å². The van der Waals surface area contributed by atoms with Crippen LogP contribution in [0.15, 0.2) is 36.5 Å². The zero-order valence-electron chi connectivity index (χ0n) is 20.8. The molecule has 4 rings (SSSR count). The number of ether oxygens (including phenoxy) is 1. The van der Waals surface area contributed by atoms with Crippen molar-refractivity contribution in [1.29, 1.82) is 0 Å². The molecule has 11 heteroatoms. The monoisotopic (exact) mass is 520 g/mol. The van der Waals surface area contributed by atoms with E-state index in [1.165, 1.54) is 13.2 Å². The van der Waals surface area contributed by atoms with Crippen LogP contribution in [0.5, 0.6) is 5.88 Å². The summed E-state index contributed by atoms with van der Waals surface area (Å²) in [7, 11) is 1.54. The predicted molar refractivity (Wildman–Crippen MR) is 129 cm³/mol. The molecule has 1 aliphatic heterocycles. The van der Waals surface area contributed by atoms with Crippen LogP contribution in [0, 0.1) is 6.92 Å². The van der Waals surface area contributed by atoms with Crippen LogP contribution in [-0.2, 0) is 16.6 Å². The molecule has 8 nitrogen and oxygen atoms in total. The lowest BCUT2D eigenvalue weighted by molar-refractivity contribution is -0.139. The zero-order valence-corrected chi connectivity index (χ0v) is 20.8. The van der Waals surface area contributed by atoms with Gasteiger partial charge in [-0.15, -0.1) is 0 Å². The minimum absolute atomic E-state index is 0.0425. The smallest absolute Gasteiger partial charge is 0.416 e. The standard InChI is InChI=1S/C26H31F3N4O4/c1-16-10-19(12-32-24(16)37-2)25(36)8-6-20(7-9-25)33(21-13-30-14-21)22(34)15-31-23(35)17-4-3-5-18(11-17)26(27,28)29/h3-5,10-12,20-21,30,36H,6-9,13-15H2,1-2H3,(H,31,35). The number of aliphatic hydroxyl groups is 1. The number of alkyl halides is 3. The number of aryl methyl sites for hydroxylation is 1. The molecule has 1 saturated carbocycles. The minimum Gasteiger partial charge on any atom is -0.481 e. The van der Waals surface area contributed by atoms with E-state index >= 15 is 0 Å². The molecule has 2 aliphatic rings. The highest BCUT2D eigenvalue weighted by Gasteiger charge is 2.41. The van der Waals surface area contributed by atoms with E-state index in [2.05, 4.69) is 15.6 Å². The van der Waals surface area contributed by atoms with Crippen molar-refractivity contribution in [2.45, 2.75) is 56.5 Å². The van der Waals surface area contributed by atoms with Crippen molar-refractivity contribution in [3.05, 3.63) is 58.8 Å². The Morgan fingerprint density at radius 3 is 2.49 bits per heavy atom. The fourth-order valence-electron chi connectivity index (χ4n) is 5.04. The number of aromatic nitrogens is 1. The van der Waals surface area contributed by atoms with Gasteiger partial charge in [0.05, 0.1) is 30.9 Å². The van der Waals surface area contributed by atoms with Crippen LogP contribution in [-0.4, -0.2) is 65.6 Å². The molecule has 2 heterocycles. The topological polar surface area (TPSA) is 104 Å². The Labute approximate surface area is 213 Å². The highest BCUT2D eigenvalue weighted by Crippen LogP contribution is 2.40. The Bertz CT molecular complexity index is 1140. The van der Waals surface area contributed by atoms with Crippen LogP contribution in [0.1, 0.15) is 52.7 Å². The van der Waals surface area contributed by atoms with E-state index in [1.807, 2.05) is 13.0 Å². The summed E-state index contributed by atoms with van der Waals surface area (Å²) in [6.45, 7) is 2.78. The first-order valence-corrected chi connectivity index (χ1v) is 12.2. The van der Waals surface area contributed by atoms with Crippen molar-refractivity contribution in [3.8, 4) is 5.88 Å². The molecule has 1 saturated heterocycles. The molecule has 0 spiro atoms. The number of hydrogen-bond donors (Lipinski definition) is 3. The number of carbonyl (C=O) groups excluding carboxylic acids is 2. The van der Waals surface area contributed by atoms with Gasteiger partial charge >= 0.3 is 6.18 Å². The average Bonchev–Trinajstić information content (AvgIpc) is 2.84. The highest BCUT2D eigenvalue weighted by atomic mass is 19.4. The van der Waals surface area contributed by atoms with Gasteiger partial charge in [0.1, 0.15) is 0 Å². The summed E-state index contributed by atoms with van der Waals surface area (Å²) in [6, 6.07) is 5.80. The Hall–Kier alpha value is -3.18. The third-order valence-electron chi connectivity index (χ3n) is 7.23. The maximum atomic E-state index is 13.2. The molecule has 3 N–H and O–H groups in total. The second-order valence-corrected chi connectivity index (χ2v) is 9.69. The first-order chi connectivity index (χ1) is 17.5. The van der Waals surface area contributed by atoms with Gasteiger partial charge in [0, 0.05) is 42.0 Å². The summed E-state index contributed by atoms with van der Waals surface area (Å²) >= 11 is 0. The fraction of sp³-hybridized carbons (Fsp3) is 0.500. The van der Waals surface area contributed by atoms with Gasteiger partial charge in [0.25, 0.3) is 5.91 Å². The Kier molecular flexibility index (Phi) is 7.75. The molecule has 2 fully saturated rings. The second-order valence-electron chi connectivity index (χ2n) is 9.69. The van der Waals surface area contributed by atoms with Gasteiger partial charge in [-0.05, 0) is 56.9 Å². The summed E-state index contributed by atoms with van der Waals surface area (Å²) in [6.07, 6.45) is -0.952. The van der Waals surface area contributed by atoms with Gasteiger partial charge in [-0.2, -0.15) is 13.2 Å². The lowest BCUT2D eigenvalue weighted by Crippen LogP contribution is -2.63. The molecule has 1 aromatic heterocycles. The maximum Gasteiger partial charge on any atom is 0.416 e. The molecule has 0 radical (unpaired) electrons. The van der Waals surface area contributed by atoms with Crippen LogP contribution in [0.4, 0.5) is 13.2 Å². The van der Waals surface area contributed by atoms with Crippen LogP contribution < -0.4 is 15.4 Å². The van der Waals surface area contributed by atoms with E-state index in [9.17, 15) is 27.9 Å². The molecule has 200 valence electrons. The third kappa shape index (κ3) is 5.88.